The Hall–Kier alpha value is -2.87. The lowest BCUT2D eigenvalue weighted by Gasteiger charge is -2.28. The molecule has 2 aliphatic rings. The molecule has 0 aromatic heterocycles. The van der Waals surface area contributed by atoms with Crippen LogP contribution < -0.4 is 15.4 Å². The van der Waals surface area contributed by atoms with E-state index in [4.69, 9.17) is 12.2 Å². The summed E-state index contributed by atoms with van der Waals surface area (Å²) < 4.78 is 41.5. The van der Waals surface area contributed by atoms with E-state index in [9.17, 15) is 18.0 Å². The van der Waals surface area contributed by atoms with Gasteiger partial charge in [0, 0.05) is 11.1 Å². The standard InChI is InChI=1S/C18H11F3N2O2S/c19-18(20,21)25-10-5-3-4-9(8-10)14-13-15(23-17(26)22-14)11-6-1-2-7-12(11)16(13)24/h1-8,14H,(H2,22,23,26). The molecule has 26 heavy (non-hydrogen) atoms. The molecule has 4 nitrogen and oxygen atoms in total. The third kappa shape index (κ3) is 2.82. The van der Waals surface area contributed by atoms with Crippen molar-refractivity contribution in [2.75, 3.05) is 0 Å². The molecule has 1 aliphatic heterocycles. The van der Waals surface area contributed by atoms with Crippen molar-refractivity contribution in [3.05, 3.63) is 70.8 Å². The van der Waals surface area contributed by atoms with E-state index < -0.39 is 12.4 Å². The average molecular weight is 376 g/mol. The van der Waals surface area contributed by atoms with Crippen molar-refractivity contribution in [2.45, 2.75) is 12.4 Å². The molecule has 1 aliphatic carbocycles. The molecule has 0 spiro atoms. The monoisotopic (exact) mass is 376 g/mol. The number of hydrogen-bond donors (Lipinski definition) is 2. The molecular formula is C18H11F3N2O2S. The lowest BCUT2D eigenvalue weighted by Crippen LogP contribution is -2.43. The van der Waals surface area contributed by atoms with Crippen molar-refractivity contribution in [3.8, 4) is 5.75 Å². The molecule has 2 aromatic rings. The number of thiocarbonyl (C=S) groups is 1. The lowest BCUT2D eigenvalue weighted by atomic mass is 9.94. The van der Waals surface area contributed by atoms with Crippen molar-refractivity contribution >= 4 is 28.8 Å². The Kier molecular flexibility index (Phi) is 3.73. The molecule has 0 amide bonds. The van der Waals surface area contributed by atoms with Crippen LogP contribution in [0, 0.1) is 0 Å². The van der Waals surface area contributed by atoms with Gasteiger partial charge >= 0.3 is 6.36 Å². The number of nitrogens with one attached hydrogen (secondary N) is 2. The first-order valence-electron chi connectivity index (χ1n) is 7.65. The minimum atomic E-state index is -4.79. The average Bonchev–Trinajstić information content (AvgIpc) is 2.86. The summed E-state index contributed by atoms with van der Waals surface area (Å²) in [6, 6.07) is 11.9. The van der Waals surface area contributed by atoms with E-state index in [1.807, 2.05) is 6.07 Å². The van der Waals surface area contributed by atoms with Crippen LogP contribution in [-0.2, 0) is 0 Å². The van der Waals surface area contributed by atoms with Gasteiger partial charge < -0.3 is 15.4 Å². The highest BCUT2D eigenvalue weighted by Crippen LogP contribution is 2.40. The summed E-state index contributed by atoms with van der Waals surface area (Å²) in [4.78, 5) is 12.8. The van der Waals surface area contributed by atoms with Gasteiger partial charge in [-0.15, -0.1) is 13.2 Å². The zero-order valence-corrected chi connectivity index (χ0v) is 13.9. The predicted octanol–water partition coefficient (Wildman–Crippen LogP) is 3.71. The Morgan fingerprint density at radius 3 is 2.50 bits per heavy atom. The van der Waals surface area contributed by atoms with Gasteiger partial charge in [0.15, 0.2) is 10.9 Å². The molecule has 0 saturated carbocycles. The summed E-state index contributed by atoms with van der Waals surface area (Å²) in [5.74, 6) is -0.545. The highest BCUT2D eigenvalue weighted by molar-refractivity contribution is 7.80. The number of alkyl halides is 3. The van der Waals surface area contributed by atoms with E-state index in [1.165, 1.54) is 18.2 Å². The van der Waals surface area contributed by atoms with Crippen molar-refractivity contribution in [1.29, 1.82) is 0 Å². The van der Waals surface area contributed by atoms with Gasteiger partial charge in [-0.1, -0.05) is 36.4 Å². The van der Waals surface area contributed by atoms with E-state index in [0.717, 1.165) is 5.56 Å². The highest BCUT2D eigenvalue weighted by Gasteiger charge is 2.39. The summed E-state index contributed by atoms with van der Waals surface area (Å²) in [5, 5.41) is 6.24. The van der Waals surface area contributed by atoms with Gasteiger partial charge in [0.2, 0.25) is 0 Å². The number of rotatable bonds is 2. The zero-order valence-electron chi connectivity index (χ0n) is 13.1. The number of Topliss-reactive ketones (excluding diaryl/α,β-unsaturated/α-hetero) is 1. The third-order valence-corrected chi connectivity index (χ3v) is 4.40. The Morgan fingerprint density at radius 2 is 1.77 bits per heavy atom. The summed E-state index contributed by atoms with van der Waals surface area (Å²) in [6.45, 7) is 0. The minimum absolute atomic E-state index is 0.190. The summed E-state index contributed by atoms with van der Waals surface area (Å²) in [5.41, 5.74) is 2.71. The van der Waals surface area contributed by atoms with Gasteiger partial charge in [-0.2, -0.15) is 0 Å². The largest absolute Gasteiger partial charge is 0.573 e. The Morgan fingerprint density at radius 1 is 1.04 bits per heavy atom. The van der Waals surface area contributed by atoms with Crippen molar-refractivity contribution in [2.24, 2.45) is 0 Å². The van der Waals surface area contributed by atoms with E-state index in [1.54, 1.807) is 24.3 Å². The van der Waals surface area contributed by atoms with E-state index in [-0.39, 0.29) is 11.5 Å². The first-order chi connectivity index (χ1) is 12.3. The second-order valence-electron chi connectivity index (χ2n) is 5.82. The quantitative estimate of drug-likeness (QED) is 0.783. The van der Waals surface area contributed by atoms with Gasteiger partial charge in [0.1, 0.15) is 5.75 Å². The maximum atomic E-state index is 12.8. The first kappa shape index (κ1) is 16.6. The van der Waals surface area contributed by atoms with Crippen LogP contribution in [0.3, 0.4) is 0 Å². The Balaban J connectivity index is 1.78. The van der Waals surface area contributed by atoms with E-state index >= 15 is 0 Å². The molecule has 0 saturated heterocycles. The maximum absolute atomic E-state index is 12.8. The summed E-state index contributed by atoms with van der Waals surface area (Å²) in [6.07, 6.45) is -4.79. The highest BCUT2D eigenvalue weighted by atomic mass is 32.1. The van der Waals surface area contributed by atoms with Crippen LogP contribution >= 0.6 is 12.2 Å². The molecule has 0 fully saturated rings. The molecule has 2 N–H and O–H groups in total. The molecule has 1 atom stereocenters. The fourth-order valence-electron chi connectivity index (χ4n) is 3.21. The number of hydrogen-bond acceptors (Lipinski definition) is 3. The predicted molar refractivity (Wildman–Crippen MR) is 92.4 cm³/mol. The number of carbonyl (C=O) groups is 1. The van der Waals surface area contributed by atoms with Crippen LogP contribution in [0.1, 0.15) is 27.5 Å². The minimum Gasteiger partial charge on any atom is -0.406 e. The molecule has 0 bridgehead atoms. The number of carbonyl (C=O) groups excluding carboxylic acids is 1. The summed E-state index contributed by atoms with van der Waals surface area (Å²) >= 11 is 5.22. The first-order valence-corrected chi connectivity index (χ1v) is 8.06. The van der Waals surface area contributed by atoms with Crippen LogP contribution in [0.15, 0.2) is 54.1 Å². The van der Waals surface area contributed by atoms with Crippen LogP contribution in [0.2, 0.25) is 0 Å². The molecule has 1 unspecified atom stereocenters. The number of benzene rings is 2. The second kappa shape index (κ2) is 5.84. The normalized spacial score (nSPS) is 18.8. The molecule has 132 valence electrons. The zero-order chi connectivity index (χ0) is 18.5. The molecule has 8 heteroatoms. The van der Waals surface area contributed by atoms with Crippen LogP contribution in [-0.4, -0.2) is 17.3 Å². The lowest BCUT2D eigenvalue weighted by molar-refractivity contribution is -0.274. The number of ether oxygens (including phenoxy) is 1. The summed E-state index contributed by atoms with van der Waals surface area (Å²) in [7, 11) is 0. The van der Waals surface area contributed by atoms with Crippen molar-refractivity contribution in [3.63, 3.8) is 0 Å². The van der Waals surface area contributed by atoms with Crippen molar-refractivity contribution < 1.29 is 22.7 Å². The Bertz CT molecular complexity index is 969. The fraction of sp³-hybridized carbons (Fsp3) is 0.111. The topological polar surface area (TPSA) is 50.4 Å². The maximum Gasteiger partial charge on any atom is 0.573 e. The van der Waals surface area contributed by atoms with Gasteiger partial charge in [-0.25, -0.2) is 0 Å². The number of ketones is 1. The SMILES string of the molecule is O=C1C2=C(NC(=S)NC2c2cccc(OC(F)(F)F)c2)c2ccccc21. The number of fused-ring (bicyclic) bond motifs is 2. The van der Waals surface area contributed by atoms with E-state index in [0.29, 0.717) is 27.5 Å². The molecule has 1 heterocycles. The van der Waals surface area contributed by atoms with Crippen LogP contribution in [0.4, 0.5) is 13.2 Å². The van der Waals surface area contributed by atoms with Gasteiger partial charge in [-0.05, 0) is 29.9 Å². The number of halogens is 3. The van der Waals surface area contributed by atoms with Gasteiger partial charge in [0.25, 0.3) is 0 Å². The Labute approximate surface area is 151 Å². The molecule has 2 aromatic carbocycles. The third-order valence-electron chi connectivity index (χ3n) is 4.18. The van der Waals surface area contributed by atoms with E-state index in [2.05, 4.69) is 15.4 Å². The molecule has 0 radical (unpaired) electrons. The second-order valence-corrected chi connectivity index (χ2v) is 6.22. The smallest absolute Gasteiger partial charge is 0.406 e. The van der Waals surface area contributed by atoms with Crippen LogP contribution in [0.25, 0.3) is 5.70 Å². The van der Waals surface area contributed by atoms with Gasteiger partial charge in [0.05, 0.1) is 17.3 Å². The van der Waals surface area contributed by atoms with Gasteiger partial charge in [-0.3, -0.25) is 4.79 Å². The molecular weight excluding hydrogens is 365 g/mol. The van der Waals surface area contributed by atoms with Crippen LogP contribution in [0.5, 0.6) is 5.75 Å². The molecule has 4 rings (SSSR count). The van der Waals surface area contributed by atoms with Crippen molar-refractivity contribution in [1.82, 2.24) is 10.6 Å². The fourth-order valence-corrected chi connectivity index (χ4v) is 3.43.